The highest BCUT2D eigenvalue weighted by atomic mass is 35.5. The molecule has 0 atom stereocenters. The van der Waals surface area contributed by atoms with Gasteiger partial charge in [-0.05, 0) is 32.0 Å². The molecule has 3 rings (SSSR count). The molecule has 0 bridgehead atoms. The van der Waals surface area contributed by atoms with Crippen LogP contribution in [0.1, 0.15) is 11.4 Å². The number of nitrogens with one attached hydrogen (secondary N) is 2. The zero-order valence-corrected chi connectivity index (χ0v) is 14.6. The fourth-order valence-electron chi connectivity index (χ4n) is 2.17. The fourth-order valence-corrected chi connectivity index (χ4v) is 3.08. The Hall–Kier alpha value is -2.32. The van der Waals surface area contributed by atoms with Crippen molar-refractivity contribution in [2.45, 2.75) is 19.0 Å². The van der Waals surface area contributed by atoms with Gasteiger partial charge in [-0.15, -0.1) is 10.2 Å². The molecule has 1 amide bonds. The van der Waals surface area contributed by atoms with Crippen molar-refractivity contribution < 1.29 is 4.79 Å². The monoisotopic (exact) mass is 362 g/mol. The molecule has 0 fully saturated rings. The summed E-state index contributed by atoms with van der Waals surface area (Å²) in [6, 6.07) is 7.36. The molecule has 2 heterocycles. The topological polar surface area (TPSA) is 88.5 Å². The van der Waals surface area contributed by atoms with Crippen LogP contribution in [-0.2, 0) is 4.79 Å². The lowest BCUT2D eigenvalue weighted by atomic mass is 10.3. The van der Waals surface area contributed by atoms with Crippen LogP contribution in [0.15, 0.2) is 35.7 Å². The Labute approximate surface area is 147 Å². The number of halogens is 1. The van der Waals surface area contributed by atoms with E-state index in [1.165, 1.54) is 11.8 Å². The summed E-state index contributed by atoms with van der Waals surface area (Å²) in [4.78, 5) is 12.2. The Balaban J connectivity index is 1.68. The Morgan fingerprint density at radius 3 is 2.96 bits per heavy atom. The molecule has 0 aliphatic heterocycles. The zero-order chi connectivity index (χ0) is 17.1. The minimum absolute atomic E-state index is 0.131. The summed E-state index contributed by atoms with van der Waals surface area (Å²) in [5.74, 6) is 0.0804. The van der Waals surface area contributed by atoms with Crippen molar-refractivity contribution >= 4 is 35.0 Å². The lowest BCUT2D eigenvalue weighted by Crippen LogP contribution is -2.15. The van der Waals surface area contributed by atoms with E-state index >= 15 is 0 Å². The number of carbonyl (C=O) groups excluding carboxylic acids is 1. The molecule has 0 saturated heterocycles. The summed E-state index contributed by atoms with van der Waals surface area (Å²) in [5.41, 5.74) is 3.15. The van der Waals surface area contributed by atoms with Crippen LogP contribution in [0.25, 0.3) is 5.69 Å². The van der Waals surface area contributed by atoms with Gasteiger partial charge in [0.05, 0.1) is 28.5 Å². The van der Waals surface area contributed by atoms with E-state index < -0.39 is 0 Å². The number of anilines is 1. The standard InChI is InChI=1S/C15H15ClN6OS/c1-9-14(10(2)20-19-9)18-13(23)7-24-15-21-17-8-22(15)12-5-3-4-11(16)6-12/h3-6,8H,7H2,1-2H3,(H,18,23)(H,19,20). The van der Waals surface area contributed by atoms with Gasteiger partial charge in [-0.2, -0.15) is 5.10 Å². The third-order valence-corrected chi connectivity index (χ3v) is 4.51. The molecule has 9 heteroatoms. The third kappa shape index (κ3) is 3.60. The summed E-state index contributed by atoms with van der Waals surface area (Å²) in [6.45, 7) is 3.69. The number of H-pyrrole nitrogens is 1. The molecule has 0 spiro atoms. The van der Waals surface area contributed by atoms with Crippen molar-refractivity contribution in [3.63, 3.8) is 0 Å². The van der Waals surface area contributed by atoms with Crippen LogP contribution >= 0.6 is 23.4 Å². The number of thioether (sulfide) groups is 1. The van der Waals surface area contributed by atoms with Gasteiger partial charge in [0.25, 0.3) is 0 Å². The van der Waals surface area contributed by atoms with E-state index in [-0.39, 0.29) is 11.7 Å². The molecule has 7 nitrogen and oxygen atoms in total. The van der Waals surface area contributed by atoms with Crippen molar-refractivity contribution in [2.75, 3.05) is 11.1 Å². The first-order valence-electron chi connectivity index (χ1n) is 7.15. The first kappa shape index (κ1) is 16.5. The van der Waals surface area contributed by atoms with Crippen molar-refractivity contribution in [1.82, 2.24) is 25.0 Å². The predicted molar refractivity (Wildman–Crippen MR) is 93.8 cm³/mol. The maximum absolute atomic E-state index is 12.2. The number of aromatic nitrogens is 5. The summed E-state index contributed by atoms with van der Waals surface area (Å²) in [7, 11) is 0. The van der Waals surface area contributed by atoms with Gasteiger partial charge >= 0.3 is 0 Å². The highest BCUT2D eigenvalue weighted by Gasteiger charge is 2.13. The number of carbonyl (C=O) groups is 1. The molecule has 0 radical (unpaired) electrons. The molecule has 124 valence electrons. The van der Waals surface area contributed by atoms with E-state index in [1.54, 1.807) is 17.0 Å². The van der Waals surface area contributed by atoms with Gasteiger partial charge < -0.3 is 5.32 Å². The Morgan fingerprint density at radius 1 is 1.42 bits per heavy atom. The number of benzene rings is 1. The minimum atomic E-state index is -0.131. The van der Waals surface area contributed by atoms with Crippen LogP contribution in [0, 0.1) is 13.8 Å². The smallest absolute Gasteiger partial charge is 0.234 e. The van der Waals surface area contributed by atoms with Gasteiger partial charge in [0.2, 0.25) is 5.91 Å². The number of hydrogen-bond acceptors (Lipinski definition) is 5. The predicted octanol–water partition coefficient (Wildman–Crippen LogP) is 2.99. The molecule has 0 aliphatic carbocycles. The molecular formula is C15H15ClN6OS. The molecule has 2 aromatic heterocycles. The maximum Gasteiger partial charge on any atom is 0.234 e. The van der Waals surface area contributed by atoms with E-state index in [0.717, 1.165) is 22.8 Å². The minimum Gasteiger partial charge on any atom is -0.322 e. The van der Waals surface area contributed by atoms with Gasteiger partial charge in [0.1, 0.15) is 6.33 Å². The number of aryl methyl sites for hydroxylation is 2. The highest BCUT2D eigenvalue weighted by Crippen LogP contribution is 2.22. The van der Waals surface area contributed by atoms with Gasteiger partial charge in [0, 0.05) is 5.02 Å². The zero-order valence-electron chi connectivity index (χ0n) is 13.1. The SMILES string of the molecule is Cc1n[nH]c(C)c1NC(=O)CSc1nncn1-c1cccc(Cl)c1. The molecule has 3 aromatic rings. The molecule has 2 N–H and O–H groups in total. The Bertz CT molecular complexity index is 855. The summed E-state index contributed by atoms with van der Waals surface area (Å²) in [6.07, 6.45) is 1.59. The number of nitrogens with zero attached hydrogens (tertiary/aromatic N) is 4. The normalized spacial score (nSPS) is 10.8. The second-order valence-electron chi connectivity index (χ2n) is 5.11. The number of amides is 1. The van der Waals surface area contributed by atoms with Crippen molar-refractivity contribution in [1.29, 1.82) is 0 Å². The maximum atomic E-state index is 12.2. The molecule has 1 aromatic carbocycles. The van der Waals surface area contributed by atoms with Gasteiger partial charge in [0.15, 0.2) is 5.16 Å². The third-order valence-electron chi connectivity index (χ3n) is 3.33. The van der Waals surface area contributed by atoms with Gasteiger partial charge in [-0.3, -0.25) is 14.5 Å². The first-order valence-corrected chi connectivity index (χ1v) is 8.51. The van der Waals surface area contributed by atoms with Crippen LogP contribution in [0.2, 0.25) is 5.02 Å². The Kier molecular flexibility index (Phi) is 4.86. The highest BCUT2D eigenvalue weighted by molar-refractivity contribution is 7.99. The molecular weight excluding hydrogens is 348 g/mol. The fraction of sp³-hybridized carbons (Fsp3) is 0.200. The lowest BCUT2D eigenvalue weighted by Gasteiger charge is -2.07. The average molecular weight is 363 g/mol. The number of hydrogen-bond donors (Lipinski definition) is 2. The van der Waals surface area contributed by atoms with E-state index in [4.69, 9.17) is 11.6 Å². The summed E-state index contributed by atoms with van der Waals surface area (Å²) in [5, 5.41) is 19.0. The van der Waals surface area contributed by atoms with Crippen molar-refractivity contribution in [3.05, 3.63) is 47.0 Å². The van der Waals surface area contributed by atoms with Crippen LogP contribution in [0.5, 0.6) is 0 Å². The second-order valence-corrected chi connectivity index (χ2v) is 6.49. The van der Waals surface area contributed by atoms with Gasteiger partial charge in [-0.1, -0.05) is 29.4 Å². The molecule has 24 heavy (non-hydrogen) atoms. The van der Waals surface area contributed by atoms with Gasteiger partial charge in [-0.25, -0.2) is 0 Å². The van der Waals surface area contributed by atoms with Crippen LogP contribution in [0.3, 0.4) is 0 Å². The van der Waals surface area contributed by atoms with E-state index in [9.17, 15) is 4.79 Å². The van der Waals surface area contributed by atoms with E-state index in [1.807, 2.05) is 32.0 Å². The Morgan fingerprint density at radius 2 is 2.25 bits per heavy atom. The van der Waals surface area contributed by atoms with E-state index in [0.29, 0.717) is 10.2 Å². The average Bonchev–Trinajstić information content (AvgIpc) is 3.15. The second kappa shape index (κ2) is 7.06. The molecule has 0 unspecified atom stereocenters. The van der Waals surface area contributed by atoms with Crippen LogP contribution < -0.4 is 5.32 Å². The molecule has 0 saturated carbocycles. The number of aromatic amines is 1. The summed E-state index contributed by atoms with van der Waals surface area (Å²) >= 11 is 7.32. The van der Waals surface area contributed by atoms with Crippen molar-refractivity contribution in [3.8, 4) is 5.69 Å². The van der Waals surface area contributed by atoms with E-state index in [2.05, 4.69) is 25.7 Å². The number of rotatable bonds is 5. The molecule has 0 aliphatic rings. The quantitative estimate of drug-likeness (QED) is 0.681. The summed E-state index contributed by atoms with van der Waals surface area (Å²) < 4.78 is 1.79. The lowest BCUT2D eigenvalue weighted by molar-refractivity contribution is -0.113. The first-order chi connectivity index (χ1) is 11.5. The largest absolute Gasteiger partial charge is 0.322 e. The van der Waals surface area contributed by atoms with Crippen LogP contribution in [0.4, 0.5) is 5.69 Å². The van der Waals surface area contributed by atoms with Crippen molar-refractivity contribution in [2.24, 2.45) is 0 Å². The van der Waals surface area contributed by atoms with Crippen LogP contribution in [-0.4, -0.2) is 36.6 Å².